The molecule has 0 radical (unpaired) electrons. The van der Waals surface area contributed by atoms with Gasteiger partial charge in [0.05, 0.1) is 17.7 Å². The van der Waals surface area contributed by atoms with Crippen molar-refractivity contribution in [1.29, 1.82) is 0 Å². The Kier molecular flexibility index (Phi) is 6.28. The molecule has 0 amide bonds. The van der Waals surface area contributed by atoms with Crippen LogP contribution in [0.2, 0.25) is 0 Å². The summed E-state index contributed by atoms with van der Waals surface area (Å²) in [5, 5.41) is 22.6. The molecule has 0 unspecified atom stereocenters. The Balaban J connectivity index is 1.81. The van der Waals surface area contributed by atoms with Crippen molar-refractivity contribution in [2.24, 2.45) is 5.10 Å². The molecule has 1 heterocycles. The second-order valence-electron chi connectivity index (χ2n) is 5.90. The molecule has 1 N–H and O–H groups in total. The van der Waals surface area contributed by atoms with Gasteiger partial charge in [0.2, 0.25) is 4.77 Å². The Labute approximate surface area is 166 Å². The molecule has 144 valence electrons. The largest absolute Gasteiger partial charge is 0.487 e. The van der Waals surface area contributed by atoms with Crippen LogP contribution in [0.4, 0.5) is 5.69 Å². The predicted molar refractivity (Wildman–Crippen MR) is 109 cm³/mol. The summed E-state index contributed by atoms with van der Waals surface area (Å²) >= 11 is 5.24. The van der Waals surface area contributed by atoms with E-state index >= 15 is 0 Å². The summed E-state index contributed by atoms with van der Waals surface area (Å²) in [6.45, 7) is 2.12. The summed E-state index contributed by atoms with van der Waals surface area (Å²) in [7, 11) is 0. The van der Waals surface area contributed by atoms with Gasteiger partial charge in [-0.1, -0.05) is 30.3 Å². The lowest BCUT2D eigenvalue weighted by atomic mass is 10.1. The maximum absolute atomic E-state index is 11.3. The van der Waals surface area contributed by atoms with Crippen molar-refractivity contribution in [3.8, 4) is 5.75 Å². The highest BCUT2D eigenvalue weighted by molar-refractivity contribution is 7.71. The van der Waals surface area contributed by atoms with Crippen molar-refractivity contribution >= 4 is 24.1 Å². The van der Waals surface area contributed by atoms with E-state index in [0.29, 0.717) is 29.2 Å². The highest BCUT2D eigenvalue weighted by Gasteiger charge is 2.15. The van der Waals surface area contributed by atoms with Gasteiger partial charge in [0.1, 0.15) is 0 Å². The summed E-state index contributed by atoms with van der Waals surface area (Å²) in [5.41, 5.74) is 1.65. The third-order valence-corrected chi connectivity index (χ3v) is 4.26. The fourth-order valence-electron chi connectivity index (χ4n) is 2.67. The maximum Gasteiger partial charge on any atom is 0.311 e. The van der Waals surface area contributed by atoms with E-state index in [1.165, 1.54) is 22.5 Å². The van der Waals surface area contributed by atoms with Crippen LogP contribution in [0.25, 0.3) is 0 Å². The number of aromatic nitrogens is 3. The minimum absolute atomic E-state index is 0.106. The minimum Gasteiger partial charge on any atom is -0.487 e. The van der Waals surface area contributed by atoms with Gasteiger partial charge >= 0.3 is 5.69 Å². The molecule has 28 heavy (non-hydrogen) atoms. The second-order valence-corrected chi connectivity index (χ2v) is 6.29. The fourth-order valence-corrected chi connectivity index (χ4v) is 2.86. The Morgan fingerprint density at radius 1 is 1.29 bits per heavy atom. The first-order valence-electron chi connectivity index (χ1n) is 8.74. The quantitative estimate of drug-likeness (QED) is 0.269. The standard InChI is InChI=1S/C19H19N5O3S/c1-2-27-17-10-8-15(12-16(17)24(25)26)13-20-23-18(21-22-19(23)28)11-9-14-6-4-3-5-7-14/h3-8,10,12-13H,2,9,11H2,1H3,(H,22,28)/b20-13-. The van der Waals surface area contributed by atoms with Crippen molar-refractivity contribution in [2.75, 3.05) is 6.61 Å². The topological polar surface area (TPSA) is 98.3 Å². The van der Waals surface area contributed by atoms with Crippen LogP contribution in [0.1, 0.15) is 23.9 Å². The monoisotopic (exact) mass is 397 g/mol. The van der Waals surface area contributed by atoms with Crippen LogP contribution in [0.3, 0.4) is 0 Å². The van der Waals surface area contributed by atoms with Gasteiger partial charge < -0.3 is 4.74 Å². The van der Waals surface area contributed by atoms with Crippen LogP contribution in [-0.2, 0) is 12.8 Å². The number of nitro groups is 1. The highest BCUT2D eigenvalue weighted by Crippen LogP contribution is 2.27. The predicted octanol–water partition coefficient (Wildman–Crippen LogP) is 3.91. The minimum atomic E-state index is -0.475. The number of hydrogen-bond acceptors (Lipinski definition) is 6. The van der Waals surface area contributed by atoms with E-state index in [1.807, 2.05) is 30.3 Å². The summed E-state index contributed by atoms with van der Waals surface area (Å²) in [6, 6.07) is 14.7. The summed E-state index contributed by atoms with van der Waals surface area (Å²) in [4.78, 5) is 10.8. The summed E-state index contributed by atoms with van der Waals surface area (Å²) in [6.07, 6.45) is 2.96. The highest BCUT2D eigenvalue weighted by atomic mass is 32.1. The average Bonchev–Trinajstić information content (AvgIpc) is 3.06. The van der Waals surface area contributed by atoms with Crippen molar-refractivity contribution < 1.29 is 9.66 Å². The SMILES string of the molecule is CCOc1ccc(/C=N\n2c(CCc3ccccc3)n[nH]c2=S)cc1[N+](=O)[O-]. The first-order valence-corrected chi connectivity index (χ1v) is 9.15. The molecular formula is C19H19N5O3S. The van der Waals surface area contributed by atoms with E-state index in [2.05, 4.69) is 15.3 Å². The third kappa shape index (κ3) is 4.68. The van der Waals surface area contributed by atoms with Gasteiger partial charge in [-0.25, -0.2) is 0 Å². The maximum atomic E-state index is 11.3. The van der Waals surface area contributed by atoms with Crippen LogP contribution in [0.5, 0.6) is 5.75 Å². The van der Waals surface area contributed by atoms with Crippen molar-refractivity contribution in [3.63, 3.8) is 0 Å². The van der Waals surface area contributed by atoms with Gasteiger partial charge in [-0.2, -0.15) is 14.9 Å². The number of H-pyrrole nitrogens is 1. The van der Waals surface area contributed by atoms with E-state index in [0.717, 1.165) is 6.42 Å². The van der Waals surface area contributed by atoms with Crippen LogP contribution < -0.4 is 4.74 Å². The van der Waals surface area contributed by atoms with E-state index in [1.54, 1.807) is 19.1 Å². The van der Waals surface area contributed by atoms with Crippen LogP contribution in [-0.4, -0.2) is 32.6 Å². The Bertz CT molecular complexity index is 1040. The van der Waals surface area contributed by atoms with Crippen molar-refractivity contribution in [2.45, 2.75) is 19.8 Å². The number of rotatable bonds is 8. The molecule has 0 bridgehead atoms. The van der Waals surface area contributed by atoms with E-state index in [-0.39, 0.29) is 11.4 Å². The van der Waals surface area contributed by atoms with Crippen molar-refractivity contribution in [1.82, 2.24) is 14.9 Å². The zero-order valence-corrected chi connectivity index (χ0v) is 16.1. The molecule has 9 heteroatoms. The van der Waals surface area contributed by atoms with E-state index < -0.39 is 4.92 Å². The van der Waals surface area contributed by atoms with Crippen LogP contribution in [0, 0.1) is 14.9 Å². The molecule has 0 aliphatic heterocycles. The van der Waals surface area contributed by atoms with Crippen LogP contribution in [0.15, 0.2) is 53.6 Å². The zero-order chi connectivity index (χ0) is 19.9. The van der Waals surface area contributed by atoms with Gasteiger partial charge in [-0.05, 0) is 43.3 Å². The fraction of sp³-hybridized carbons (Fsp3) is 0.211. The molecule has 1 aromatic heterocycles. The molecule has 0 spiro atoms. The lowest BCUT2D eigenvalue weighted by molar-refractivity contribution is -0.385. The number of nitrogens with zero attached hydrogens (tertiary/aromatic N) is 4. The van der Waals surface area contributed by atoms with Crippen LogP contribution >= 0.6 is 12.2 Å². The third-order valence-electron chi connectivity index (χ3n) is 4.00. The van der Waals surface area contributed by atoms with Crippen molar-refractivity contribution in [3.05, 3.63) is 80.4 Å². The Morgan fingerprint density at radius 3 is 2.79 bits per heavy atom. The number of hydrogen-bond donors (Lipinski definition) is 1. The molecule has 3 rings (SSSR count). The molecule has 0 fully saturated rings. The van der Waals surface area contributed by atoms with E-state index in [9.17, 15) is 10.1 Å². The molecule has 2 aromatic carbocycles. The molecule has 3 aromatic rings. The molecule has 0 saturated carbocycles. The number of nitro benzene ring substituents is 1. The summed E-state index contributed by atoms with van der Waals surface area (Å²) in [5.74, 6) is 0.915. The lowest BCUT2D eigenvalue weighted by Gasteiger charge is -2.04. The molecule has 0 aliphatic carbocycles. The summed E-state index contributed by atoms with van der Waals surface area (Å²) < 4.78 is 7.18. The molecule has 0 saturated heterocycles. The number of aryl methyl sites for hydroxylation is 2. The molecule has 0 atom stereocenters. The Hall–Kier alpha value is -3.33. The van der Waals surface area contributed by atoms with Gasteiger partial charge in [0.25, 0.3) is 0 Å². The first kappa shape index (κ1) is 19.4. The number of nitrogens with one attached hydrogen (secondary N) is 1. The molecule has 0 aliphatic rings. The first-order chi connectivity index (χ1) is 13.6. The molecule has 8 nitrogen and oxygen atoms in total. The van der Waals surface area contributed by atoms with Gasteiger partial charge in [0.15, 0.2) is 11.6 Å². The van der Waals surface area contributed by atoms with Gasteiger partial charge in [0, 0.05) is 18.1 Å². The second kappa shape index (κ2) is 9.05. The lowest BCUT2D eigenvalue weighted by Crippen LogP contribution is -2.02. The number of benzene rings is 2. The Morgan fingerprint density at radius 2 is 2.07 bits per heavy atom. The van der Waals surface area contributed by atoms with Gasteiger partial charge in [-0.15, -0.1) is 0 Å². The van der Waals surface area contributed by atoms with Gasteiger partial charge in [-0.3, -0.25) is 15.2 Å². The number of ether oxygens (including phenoxy) is 1. The normalized spacial score (nSPS) is 11.0. The number of aromatic amines is 1. The molecular weight excluding hydrogens is 378 g/mol. The van der Waals surface area contributed by atoms with E-state index in [4.69, 9.17) is 17.0 Å². The zero-order valence-electron chi connectivity index (χ0n) is 15.2. The smallest absolute Gasteiger partial charge is 0.311 e. The average molecular weight is 397 g/mol.